The molecule has 1 amide bonds. The van der Waals surface area contributed by atoms with Gasteiger partial charge in [-0.15, -0.1) is 0 Å². The molecule has 0 radical (unpaired) electrons. The number of benzene rings is 1. The summed E-state index contributed by atoms with van der Waals surface area (Å²) >= 11 is 0. The van der Waals surface area contributed by atoms with Gasteiger partial charge in [0.1, 0.15) is 0 Å². The smallest absolute Gasteiger partial charge is 0.287 e. The number of aryl methyl sites for hydroxylation is 1. The largest absolute Gasteiger partial charge is 0.449 e. The molecule has 4 rings (SSSR count). The minimum atomic E-state index is -3.64. The molecular weight excluding hydrogens is 390 g/mol. The van der Waals surface area contributed by atoms with Crippen molar-refractivity contribution >= 4 is 26.7 Å². The van der Waals surface area contributed by atoms with Crippen LogP contribution in [0.2, 0.25) is 0 Å². The second kappa shape index (κ2) is 7.48. The molecule has 29 heavy (non-hydrogen) atoms. The maximum absolute atomic E-state index is 12.7. The van der Waals surface area contributed by atoms with Crippen molar-refractivity contribution in [3.8, 4) is 0 Å². The first-order valence-electron chi connectivity index (χ1n) is 8.82. The normalized spacial score (nSPS) is 11.5. The molecule has 0 saturated heterocycles. The molecule has 0 atom stereocenters. The second-order valence-corrected chi connectivity index (χ2v) is 8.46. The first kappa shape index (κ1) is 18.8. The van der Waals surface area contributed by atoms with E-state index in [2.05, 4.69) is 15.3 Å². The van der Waals surface area contributed by atoms with Gasteiger partial charge in [-0.2, -0.15) is 0 Å². The van der Waals surface area contributed by atoms with Gasteiger partial charge in [-0.1, -0.05) is 12.1 Å². The van der Waals surface area contributed by atoms with Gasteiger partial charge in [-0.3, -0.25) is 14.8 Å². The number of carbonyl (C=O) groups excluding carboxylic acids is 1. The van der Waals surface area contributed by atoms with Crippen LogP contribution in [0.3, 0.4) is 0 Å². The lowest BCUT2D eigenvalue weighted by atomic mass is 10.2. The van der Waals surface area contributed by atoms with Crippen LogP contribution in [0.4, 0.5) is 0 Å². The predicted octanol–water partition coefficient (Wildman–Crippen LogP) is 3.29. The summed E-state index contributed by atoms with van der Waals surface area (Å²) in [7, 11) is -3.64. The minimum Gasteiger partial charge on any atom is -0.449 e. The number of hydrogen-bond donors (Lipinski definition) is 1. The van der Waals surface area contributed by atoms with Crippen LogP contribution in [0.15, 0.2) is 81.3 Å². The summed E-state index contributed by atoms with van der Waals surface area (Å²) in [6.07, 6.45) is 4.46. The number of aromatic nitrogens is 2. The van der Waals surface area contributed by atoms with Gasteiger partial charge in [0, 0.05) is 17.8 Å². The van der Waals surface area contributed by atoms with Crippen molar-refractivity contribution in [2.24, 2.45) is 0 Å². The zero-order chi connectivity index (χ0) is 20.4. The molecule has 4 aromatic rings. The number of sulfone groups is 1. The highest BCUT2D eigenvalue weighted by Crippen LogP contribution is 2.21. The van der Waals surface area contributed by atoms with Gasteiger partial charge in [-0.05, 0) is 48.9 Å². The van der Waals surface area contributed by atoms with Crippen LogP contribution in [0.25, 0.3) is 11.0 Å². The van der Waals surface area contributed by atoms with Gasteiger partial charge in [0.2, 0.25) is 9.84 Å². The van der Waals surface area contributed by atoms with Crippen LogP contribution < -0.4 is 5.32 Å². The van der Waals surface area contributed by atoms with Gasteiger partial charge in [0.15, 0.2) is 11.3 Å². The van der Waals surface area contributed by atoms with Crippen LogP contribution in [-0.2, 0) is 16.4 Å². The molecule has 1 aromatic carbocycles. The summed E-state index contributed by atoms with van der Waals surface area (Å²) in [6, 6.07) is 13.2. The molecule has 0 aliphatic rings. The Bertz CT molecular complexity index is 1260. The van der Waals surface area contributed by atoms with E-state index >= 15 is 0 Å². The minimum absolute atomic E-state index is 0.1000. The van der Waals surface area contributed by atoms with E-state index in [1.165, 1.54) is 12.3 Å². The lowest BCUT2D eigenvalue weighted by Gasteiger charge is -2.07. The highest BCUT2D eigenvalue weighted by molar-refractivity contribution is 7.91. The van der Waals surface area contributed by atoms with Crippen molar-refractivity contribution in [2.75, 3.05) is 0 Å². The summed E-state index contributed by atoms with van der Waals surface area (Å²) in [5, 5.41) is 3.49. The van der Waals surface area contributed by atoms with Gasteiger partial charge in [0.25, 0.3) is 5.91 Å². The van der Waals surface area contributed by atoms with Crippen LogP contribution in [0.1, 0.15) is 21.8 Å². The standard InChI is InChI=1S/C21H17N3O4S/c1-14-3-2-4-17(9-14)29(26,27)18-6-5-16(23-12-18)11-24-21(25)19-10-15-7-8-22-13-20(15)28-19/h2-10,12-13H,11H2,1H3,(H,24,25). The summed E-state index contributed by atoms with van der Waals surface area (Å²) in [5.74, 6) is -0.217. The summed E-state index contributed by atoms with van der Waals surface area (Å²) < 4.78 is 30.9. The first-order valence-corrected chi connectivity index (χ1v) is 10.3. The third-order valence-electron chi connectivity index (χ3n) is 4.38. The summed E-state index contributed by atoms with van der Waals surface area (Å²) in [4.78, 5) is 20.7. The van der Waals surface area contributed by atoms with Crippen LogP contribution in [-0.4, -0.2) is 24.3 Å². The van der Waals surface area contributed by atoms with E-state index in [1.807, 2.05) is 13.0 Å². The summed E-state index contributed by atoms with van der Waals surface area (Å²) in [6.45, 7) is 1.97. The average Bonchev–Trinajstić information content (AvgIpc) is 3.17. The fourth-order valence-electron chi connectivity index (χ4n) is 2.85. The van der Waals surface area contributed by atoms with Crippen molar-refractivity contribution in [3.63, 3.8) is 0 Å². The zero-order valence-electron chi connectivity index (χ0n) is 15.5. The lowest BCUT2D eigenvalue weighted by molar-refractivity contribution is 0.0925. The second-order valence-electron chi connectivity index (χ2n) is 6.51. The van der Waals surface area contributed by atoms with E-state index in [4.69, 9.17) is 4.42 Å². The number of rotatable bonds is 5. The molecule has 0 aliphatic heterocycles. The molecule has 0 aliphatic carbocycles. The molecule has 1 N–H and O–H groups in total. The molecule has 3 heterocycles. The van der Waals surface area contributed by atoms with Crippen molar-refractivity contribution in [1.82, 2.24) is 15.3 Å². The molecule has 3 aromatic heterocycles. The van der Waals surface area contributed by atoms with E-state index in [1.54, 1.807) is 48.8 Å². The molecule has 0 fully saturated rings. The highest BCUT2D eigenvalue weighted by atomic mass is 32.2. The van der Waals surface area contributed by atoms with E-state index in [0.29, 0.717) is 11.3 Å². The number of nitrogens with zero attached hydrogens (tertiary/aromatic N) is 2. The number of pyridine rings is 2. The number of fused-ring (bicyclic) bond motifs is 1. The molecule has 8 heteroatoms. The Morgan fingerprint density at radius 2 is 1.93 bits per heavy atom. The molecule has 0 unspecified atom stereocenters. The monoisotopic (exact) mass is 407 g/mol. The van der Waals surface area contributed by atoms with E-state index < -0.39 is 9.84 Å². The third kappa shape index (κ3) is 3.88. The van der Waals surface area contributed by atoms with Crippen molar-refractivity contribution in [3.05, 3.63) is 84.1 Å². The lowest BCUT2D eigenvalue weighted by Crippen LogP contribution is -2.22. The zero-order valence-corrected chi connectivity index (χ0v) is 16.3. The van der Waals surface area contributed by atoms with Gasteiger partial charge in [0.05, 0.1) is 28.2 Å². The van der Waals surface area contributed by atoms with E-state index in [-0.39, 0.29) is 28.0 Å². The Balaban J connectivity index is 1.46. The first-order chi connectivity index (χ1) is 13.9. The Kier molecular flexibility index (Phi) is 4.85. The molecule has 0 spiro atoms. The number of carbonyl (C=O) groups is 1. The van der Waals surface area contributed by atoms with Crippen molar-refractivity contribution in [1.29, 1.82) is 0 Å². The molecule has 0 bridgehead atoms. The molecular formula is C21H17N3O4S. The van der Waals surface area contributed by atoms with Gasteiger partial charge in [-0.25, -0.2) is 8.42 Å². The fourth-order valence-corrected chi connectivity index (χ4v) is 4.16. The Labute approximate surface area is 167 Å². The van der Waals surface area contributed by atoms with Crippen LogP contribution in [0, 0.1) is 6.92 Å². The van der Waals surface area contributed by atoms with Crippen LogP contribution in [0.5, 0.6) is 0 Å². The van der Waals surface area contributed by atoms with Crippen molar-refractivity contribution < 1.29 is 17.6 Å². The Hall–Kier alpha value is -3.52. The van der Waals surface area contributed by atoms with Gasteiger partial charge < -0.3 is 9.73 Å². The number of amides is 1. The predicted molar refractivity (Wildman–Crippen MR) is 106 cm³/mol. The number of hydrogen-bond acceptors (Lipinski definition) is 6. The number of nitrogens with one attached hydrogen (secondary N) is 1. The highest BCUT2D eigenvalue weighted by Gasteiger charge is 2.18. The maximum atomic E-state index is 12.7. The van der Waals surface area contributed by atoms with E-state index in [0.717, 1.165) is 10.9 Å². The third-order valence-corrected chi connectivity index (χ3v) is 6.12. The molecule has 7 nitrogen and oxygen atoms in total. The van der Waals surface area contributed by atoms with Gasteiger partial charge >= 0.3 is 0 Å². The average molecular weight is 407 g/mol. The molecule has 146 valence electrons. The fraction of sp³-hybridized carbons (Fsp3) is 0.0952. The van der Waals surface area contributed by atoms with Crippen molar-refractivity contribution in [2.45, 2.75) is 23.3 Å². The Morgan fingerprint density at radius 3 is 2.66 bits per heavy atom. The quantitative estimate of drug-likeness (QED) is 0.545. The topological polar surface area (TPSA) is 102 Å². The molecule has 0 saturated carbocycles. The maximum Gasteiger partial charge on any atom is 0.287 e. The number of furan rings is 1. The Morgan fingerprint density at radius 1 is 1.07 bits per heavy atom. The summed E-state index contributed by atoms with van der Waals surface area (Å²) in [5.41, 5.74) is 1.92. The SMILES string of the molecule is Cc1cccc(S(=O)(=O)c2ccc(CNC(=O)c3cc4ccncc4o3)nc2)c1. The van der Waals surface area contributed by atoms with Crippen LogP contribution >= 0.6 is 0 Å². The van der Waals surface area contributed by atoms with E-state index in [9.17, 15) is 13.2 Å².